The summed E-state index contributed by atoms with van der Waals surface area (Å²) >= 11 is 0. The molecule has 1 rings (SSSR count). The van der Waals surface area contributed by atoms with Gasteiger partial charge in [-0.3, -0.25) is 14.4 Å². The number of ketones is 1. The molecule has 0 aromatic rings. The third-order valence-electron chi connectivity index (χ3n) is 4.65. The Balaban J connectivity index is 2.61. The lowest BCUT2D eigenvalue weighted by molar-refractivity contribution is -0.134. The van der Waals surface area contributed by atoms with Crippen molar-refractivity contribution in [3.8, 4) is 0 Å². The van der Waals surface area contributed by atoms with Gasteiger partial charge in [0.05, 0.1) is 25.9 Å². The highest BCUT2D eigenvalue weighted by Crippen LogP contribution is 2.29. The molecule has 160 valence electrons. The molecule has 0 aromatic heterocycles. The van der Waals surface area contributed by atoms with Gasteiger partial charge < -0.3 is 25.6 Å². The molecule has 8 heteroatoms. The summed E-state index contributed by atoms with van der Waals surface area (Å²) in [6.07, 6.45) is 3.09. The van der Waals surface area contributed by atoms with Crippen LogP contribution in [0.3, 0.4) is 0 Å². The minimum atomic E-state index is -1.28. The molecule has 1 fully saturated rings. The van der Waals surface area contributed by atoms with Crippen molar-refractivity contribution in [1.29, 1.82) is 0 Å². The Bertz CT molecular complexity index is 571. The quantitative estimate of drug-likeness (QED) is 0.191. The van der Waals surface area contributed by atoms with E-state index in [2.05, 4.69) is 31.1 Å². The molecule has 0 aromatic carbocycles. The summed E-state index contributed by atoms with van der Waals surface area (Å²) in [5.41, 5.74) is -0.607. The van der Waals surface area contributed by atoms with Crippen molar-refractivity contribution in [3.63, 3.8) is 0 Å². The van der Waals surface area contributed by atoms with Gasteiger partial charge in [0, 0.05) is 6.42 Å². The number of Topliss-reactive ketones (excluding diaryl/α,β-unsaturated/α-hetero) is 1. The maximum atomic E-state index is 12.6. The zero-order valence-electron chi connectivity index (χ0n) is 17.1. The van der Waals surface area contributed by atoms with Crippen LogP contribution in [0.25, 0.3) is 0 Å². The smallest absolute Gasteiger partial charge is 0.245 e. The molecule has 1 aliphatic heterocycles. The van der Waals surface area contributed by atoms with E-state index >= 15 is 0 Å². The first kappa shape index (κ1) is 24.3. The van der Waals surface area contributed by atoms with Gasteiger partial charge in [-0.1, -0.05) is 32.3 Å². The van der Waals surface area contributed by atoms with E-state index in [1.807, 2.05) is 0 Å². The molecule has 0 aliphatic carbocycles. The molecule has 28 heavy (non-hydrogen) atoms. The minimum Gasteiger partial charge on any atom is -0.394 e. The zero-order valence-corrected chi connectivity index (χ0v) is 17.1. The summed E-state index contributed by atoms with van der Waals surface area (Å²) < 4.78 is 5.07. The molecule has 2 amide bonds. The lowest BCUT2D eigenvalue weighted by Gasteiger charge is -2.23. The van der Waals surface area contributed by atoms with E-state index in [0.717, 1.165) is 12.8 Å². The second-order valence-electron chi connectivity index (χ2n) is 7.97. The van der Waals surface area contributed by atoms with Crippen LogP contribution >= 0.6 is 0 Å². The van der Waals surface area contributed by atoms with Crippen molar-refractivity contribution in [2.24, 2.45) is 5.92 Å². The summed E-state index contributed by atoms with van der Waals surface area (Å²) in [4.78, 5) is 37.1. The first-order valence-electron chi connectivity index (χ1n) is 9.79. The SMILES string of the molecule is C=C(C)CC(NC(=O)[C@H](CO)NC(=O)CCCCC(C)C)C(=O)C1(CO)CO1. The summed E-state index contributed by atoms with van der Waals surface area (Å²) in [5.74, 6) is -0.855. The van der Waals surface area contributed by atoms with Crippen molar-refractivity contribution in [2.75, 3.05) is 19.8 Å². The zero-order chi connectivity index (χ0) is 21.3. The lowest BCUT2D eigenvalue weighted by atomic mass is 9.94. The van der Waals surface area contributed by atoms with E-state index in [1.54, 1.807) is 6.92 Å². The number of carbonyl (C=O) groups excluding carboxylic acids is 3. The number of hydrogen-bond donors (Lipinski definition) is 4. The van der Waals surface area contributed by atoms with E-state index in [-0.39, 0.29) is 25.4 Å². The van der Waals surface area contributed by atoms with Crippen molar-refractivity contribution in [1.82, 2.24) is 10.6 Å². The molecule has 3 atom stereocenters. The molecule has 0 radical (unpaired) electrons. The Labute approximate surface area is 166 Å². The largest absolute Gasteiger partial charge is 0.394 e. The van der Waals surface area contributed by atoms with Crippen molar-refractivity contribution >= 4 is 17.6 Å². The summed E-state index contributed by atoms with van der Waals surface area (Å²) in [7, 11) is 0. The Morgan fingerprint density at radius 1 is 1.14 bits per heavy atom. The number of amides is 2. The number of carbonyl (C=O) groups is 3. The Kier molecular flexibility index (Phi) is 9.78. The average molecular weight is 399 g/mol. The number of epoxide rings is 1. The number of unbranched alkanes of at least 4 members (excludes halogenated alkanes) is 1. The molecule has 0 spiro atoms. The van der Waals surface area contributed by atoms with Crippen LogP contribution in [-0.4, -0.2) is 65.3 Å². The van der Waals surface area contributed by atoms with Crippen LogP contribution in [0, 0.1) is 5.92 Å². The molecule has 4 N–H and O–H groups in total. The fraction of sp³-hybridized carbons (Fsp3) is 0.750. The topological polar surface area (TPSA) is 128 Å². The highest BCUT2D eigenvalue weighted by Gasteiger charge is 2.54. The van der Waals surface area contributed by atoms with Gasteiger partial charge >= 0.3 is 0 Å². The molecule has 2 unspecified atom stereocenters. The number of rotatable bonds is 14. The first-order chi connectivity index (χ1) is 13.1. The van der Waals surface area contributed by atoms with Crippen LogP contribution in [0.15, 0.2) is 12.2 Å². The molecular weight excluding hydrogens is 364 g/mol. The maximum Gasteiger partial charge on any atom is 0.245 e. The Morgan fingerprint density at radius 2 is 1.79 bits per heavy atom. The van der Waals surface area contributed by atoms with Crippen molar-refractivity contribution < 1.29 is 29.3 Å². The fourth-order valence-electron chi connectivity index (χ4n) is 2.84. The molecule has 0 bridgehead atoms. The van der Waals surface area contributed by atoms with E-state index in [0.29, 0.717) is 17.9 Å². The van der Waals surface area contributed by atoms with Gasteiger partial charge in [0.1, 0.15) is 6.04 Å². The highest BCUT2D eigenvalue weighted by atomic mass is 16.6. The van der Waals surface area contributed by atoms with Crippen LogP contribution in [0.2, 0.25) is 0 Å². The number of hydrogen-bond acceptors (Lipinski definition) is 6. The highest BCUT2D eigenvalue weighted by molar-refractivity contribution is 5.98. The van der Waals surface area contributed by atoms with Gasteiger partial charge in [0.15, 0.2) is 11.4 Å². The molecule has 1 saturated heterocycles. The predicted octanol–water partition coefficient (Wildman–Crippen LogP) is 0.461. The number of nitrogens with one attached hydrogen (secondary N) is 2. The predicted molar refractivity (Wildman–Crippen MR) is 104 cm³/mol. The summed E-state index contributed by atoms with van der Waals surface area (Å²) in [6, 6.07) is -2.10. The van der Waals surface area contributed by atoms with Crippen molar-refractivity contribution in [2.45, 2.75) is 70.6 Å². The number of aliphatic hydroxyl groups is 2. The van der Waals surface area contributed by atoms with Gasteiger partial charge in [-0.15, -0.1) is 6.58 Å². The molecule has 1 aliphatic rings. The van der Waals surface area contributed by atoms with E-state index < -0.39 is 42.6 Å². The van der Waals surface area contributed by atoms with E-state index in [4.69, 9.17) is 4.74 Å². The average Bonchev–Trinajstić information content (AvgIpc) is 3.42. The fourth-order valence-corrected chi connectivity index (χ4v) is 2.84. The first-order valence-corrected chi connectivity index (χ1v) is 9.79. The second-order valence-corrected chi connectivity index (χ2v) is 7.97. The van der Waals surface area contributed by atoms with Gasteiger partial charge in [0.25, 0.3) is 0 Å². The van der Waals surface area contributed by atoms with Crippen LogP contribution in [0.5, 0.6) is 0 Å². The third-order valence-corrected chi connectivity index (χ3v) is 4.65. The molecule has 8 nitrogen and oxygen atoms in total. The molecule has 0 saturated carbocycles. The standard InChI is InChI=1S/C20H34N2O6/c1-13(2)7-5-6-8-17(25)21-16(10-23)19(27)22-15(9-14(3)4)18(26)20(11-24)12-28-20/h13,15-16,23-24H,3,5-12H2,1-2,4H3,(H,21,25)(H,22,27)/t15?,16-,20?/m0/s1. The normalized spacial score (nSPS) is 20.4. The number of ether oxygens (including phenoxy) is 1. The van der Waals surface area contributed by atoms with E-state index in [1.165, 1.54) is 0 Å². The maximum absolute atomic E-state index is 12.6. The van der Waals surface area contributed by atoms with Crippen LogP contribution < -0.4 is 10.6 Å². The van der Waals surface area contributed by atoms with Gasteiger partial charge in [-0.05, 0) is 25.7 Å². The monoisotopic (exact) mass is 398 g/mol. The van der Waals surface area contributed by atoms with Gasteiger partial charge in [0.2, 0.25) is 11.8 Å². The van der Waals surface area contributed by atoms with Crippen LogP contribution in [0.4, 0.5) is 0 Å². The van der Waals surface area contributed by atoms with Crippen molar-refractivity contribution in [3.05, 3.63) is 12.2 Å². The number of aliphatic hydroxyl groups excluding tert-OH is 2. The van der Waals surface area contributed by atoms with E-state index in [9.17, 15) is 24.6 Å². The van der Waals surface area contributed by atoms with Crippen LogP contribution in [-0.2, 0) is 19.1 Å². The van der Waals surface area contributed by atoms with Gasteiger partial charge in [-0.2, -0.15) is 0 Å². The summed E-state index contributed by atoms with van der Waals surface area (Å²) in [6.45, 7) is 8.75. The van der Waals surface area contributed by atoms with Gasteiger partial charge in [-0.25, -0.2) is 0 Å². The molecular formula is C20H34N2O6. The summed E-state index contributed by atoms with van der Waals surface area (Å²) in [5, 5.41) is 23.9. The lowest BCUT2D eigenvalue weighted by Crippen LogP contribution is -2.55. The second kappa shape index (κ2) is 11.3. The minimum absolute atomic E-state index is 0.0986. The Morgan fingerprint density at radius 3 is 2.25 bits per heavy atom. The Hall–Kier alpha value is -1.77. The third kappa shape index (κ3) is 7.69. The molecule has 1 heterocycles. The van der Waals surface area contributed by atoms with Crippen LogP contribution in [0.1, 0.15) is 52.9 Å².